The molecule has 0 amide bonds. The minimum absolute atomic E-state index is 0.227. The summed E-state index contributed by atoms with van der Waals surface area (Å²) in [5, 5.41) is 6.52. The minimum atomic E-state index is -0.227. The molecule has 0 spiro atoms. The Morgan fingerprint density at radius 2 is 1.64 bits per heavy atom. The first-order chi connectivity index (χ1) is 13.7. The van der Waals surface area contributed by atoms with E-state index in [1.54, 1.807) is 19.2 Å². The normalized spacial score (nSPS) is 15.5. The van der Waals surface area contributed by atoms with E-state index in [-0.39, 0.29) is 5.82 Å². The van der Waals surface area contributed by atoms with Gasteiger partial charge in [0.15, 0.2) is 5.96 Å². The van der Waals surface area contributed by atoms with Crippen molar-refractivity contribution in [3.05, 3.63) is 59.5 Å². The minimum Gasteiger partial charge on any atom is -0.354 e. The lowest BCUT2D eigenvalue weighted by Crippen LogP contribution is -2.46. The predicted molar refractivity (Wildman–Crippen MR) is 112 cm³/mol. The maximum atomic E-state index is 13.0. The van der Waals surface area contributed by atoms with Crippen LogP contribution in [0.2, 0.25) is 0 Å². The maximum absolute atomic E-state index is 13.0. The number of nitrogens with zero attached hydrogens (tertiary/aromatic N) is 4. The van der Waals surface area contributed by atoms with Gasteiger partial charge in [0, 0.05) is 52.5 Å². The van der Waals surface area contributed by atoms with Crippen molar-refractivity contribution < 1.29 is 4.39 Å². The summed E-state index contributed by atoms with van der Waals surface area (Å²) < 4.78 is 13.0. The number of pyridine rings is 1. The van der Waals surface area contributed by atoms with Crippen LogP contribution in [0, 0.1) is 5.82 Å². The first kappa shape index (κ1) is 20.1. The zero-order chi connectivity index (χ0) is 19.8. The topological polar surface area (TPSA) is 55.8 Å². The third kappa shape index (κ3) is 5.66. The Morgan fingerprint density at radius 3 is 2.21 bits per heavy atom. The molecule has 0 aliphatic carbocycles. The summed E-state index contributed by atoms with van der Waals surface area (Å²) in [7, 11) is 1.73. The number of hydrogen-bond acceptors (Lipinski definition) is 4. The fraction of sp³-hybridized carbons (Fsp3) is 0.429. The van der Waals surface area contributed by atoms with Gasteiger partial charge in [-0.1, -0.05) is 25.1 Å². The highest BCUT2D eigenvalue weighted by Crippen LogP contribution is 2.14. The van der Waals surface area contributed by atoms with Gasteiger partial charge in [-0.15, -0.1) is 0 Å². The lowest BCUT2D eigenvalue weighted by atomic mass is 10.2. The molecule has 1 saturated heterocycles. The summed E-state index contributed by atoms with van der Waals surface area (Å²) in [5.74, 6) is 1.51. The monoisotopic (exact) mass is 384 g/mol. The first-order valence-electron chi connectivity index (χ1n) is 9.79. The summed E-state index contributed by atoms with van der Waals surface area (Å²) in [4.78, 5) is 13.7. The van der Waals surface area contributed by atoms with Crippen molar-refractivity contribution in [2.75, 3.05) is 44.7 Å². The van der Waals surface area contributed by atoms with Gasteiger partial charge in [-0.2, -0.15) is 0 Å². The Bertz CT molecular complexity index is 751. The van der Waals surface area contributed by atoms with Crippen LogP contribution in [0.3, 0.4) is 0 Å². The molecular formula is C21H29FN6. The van der Waals surface area contributed by atoms with Gasteiger partial charge in [0.25, 0.3) is 0 Å². The van der Waals surface area contributed by atoms with Crippen LogP contribution in [0.5, 0.6) is 0 Å². The summed E-state index contributed by atoms with van der Waals surface area (Å²) in [6.07, 6.45) is 1.92. The van der Waals surface area contributed by atoms with E-state index < -0.39 is 0 Å². The second-order valence-electron chi connectivity index (χ2n) is 6.85. The van der Waals surface area contributed by atoms with Crippen LogP contribution in [-0.2, 0) is 13.1 Å². The molecule has 0 bridgehead atoms. The Hall–Kier alpha value is -2.67. The smallest absolute Gasteiger partial charge is 0.191 e. The number of nitrogens with one attached hydrogen (secondary N) is 2. The third-order valence-corrected chi connectivity index (χ3v) is 5.01. The van der Waals surface area contributed by atoms with Gasteiger partial charge in [0.05, 0.1) is 0 Å². The van der Waals surface area contributed by atoms with Crippen molar-refractivity contribution in [3.63, 3.8) is 0 Å². The zero-order valence-corrected chi connectivity index (χ0v) is 16.7. The number of halogens is 1. The summed E-state index contributed by atoms with van der Waals surface area (Å²) in [5.41, 5.74) is 2.10. The number of guanidine groups is 1. The lowest BCUT2D eigenvalue weighted by Gasteiger charge is -2.34. The summed E-state index contributed by atoms with van der Waals surface area (Å²) in [6, 6.07) is 10.6. The molecule has 0 saturated carbocycles. The highest BCUT2D eigenvalue weighted by Gasteiger charge is 2.16. The van der Waals surface area contributed by atoms with E-state index in [2.05, 4.69) is 49.5 Å². The Labute approximate surface area is 166 Å². The van der Waals surface area contributed by atoms with Gasteiger partial charge >= 0.3 is 0 Å². The van der Waals surface area contributed by atoms with Crippen LogP contribution in [0.4, 0.5) is 10.2 Å². The predicted octanol–water partition coefficient (Wildman–Crippen LogP) is 2.23. The maximum Gasteiger partial charge on any atom is 0.191 e. The number of benzene rings is 1. The number of anilines is 1. The second kappa shape index (κ2) is 10.0. The molecule has 1 aromatic carbocycles. The molecule has 0 unspecified atom stereocenters. The number of aromatic nitrogens is 1. The number of hydrogen-bond donors (Lipinski definition) is 2. The van der Waals surface area contributed by atoms with E-state index in [0.717, 1.165) is 49.7 Å². The third-order valence-electron chi connectivity index (χ3n) is 5.01. The molecule has 6 nitrogen and oxygen atoms in total. The van der Waals surface area contributed by atoms with Crippen molar-refractivity contribution in [1.82, 2.24) is 20.5 Å². The molecular weight excluding hydrogens is 355 g/mol. The van der Waals surface area contributed by atoms with E-state index in [1.807, 2.05) is 6.20 Å². The van der Waals surface area contributed by atoms with Gasteiger partial charge in [0.2, 0.25) is 0 Å². The quantitative estimate of drug-likeness (QED) is 0.591. The lowest BCUT2D eigenvalue weighted by molar-refractivity contribution is 0.270. The number of rotatable bonds is 6. The molecule has 7 heteroatoms. The van der Waals surface area contributed by atoms with E-state index >= 15 is 0 Å². The number of piperazine rings is 1. The fourth-order valence-corrected chi connectivity index (χ4v) is 3.20. The summed E-state index contributed by atoms with van der Waals surface area (Å²) >= 11 is 0. The molecule has 1 aromatic heterocycles. The Balaban J connectivity index is 1.46. The van der Waals surface area contributed by atoms with E-state index in [9.17, 15) is 4.39 Å². The molecule has 150 valence electrons. The zero-order valence-electron chi connectivity index (χ0n) is 16.7. The molecule has 0 radical (unpaired) electrons. The van der Waals surface area contributed by atoms with Crippen LogP contribution in [0.15, 0.2) is 47.6 Å². The van der Waals surface area contributed by atoms with Crippen LogP contribution in [-0.4, -0.2) is 55.6 Å². The van der Waals surface area contributed by atoms with Crippen molar-refractivity contribution >= 4 is 11.8 Å². The highest BCUT2D eigenvalue weighted by atomic mass is 19.1. The number of aliphatic imine (C=N–C) groups is 1. The van der Waals surface area contributed by atoms with Crippen LogP contribution in [0.1, 0.15) is 18.1 Å². The van der Waals surface area contributed by atoms with Crippen LogP contribution in [0.25, 0.3) is 0 Å². The fourth-order valence-electron chi connectivity index (χ4n) is 3.20. The molecule has 2 aromatic rings. The van der Waals surface area contributed by atoms with Crippen molar-refractivity contribution in [2.24, 2.45) is 4.99 Å². The van der Waals surface area contributed by atoms with E-state index in [0.29, 0.717) is 19.0 Å². The van der Waals surface area contributed by atoms with Gasteiger partial charge in [-0.3, -0.25) is 4.99 Å². The van der Waals surface area contributed by atoms with Crippen molar-refractivity contribution in [3.8, 4) is 0 Å². The molecule has 0 atom stereocenters. The van der Waals surface area contributed by atoms with Crippen LogP contribution >= 0.6 is 0 Å². The first-order valence-corrected chi connectivity index (χ1v) is 9.79. The second-order valence-corrected chi connectivity index (χ2v) is 6.85. The molecule has 2 N–H and O–H groups in total. The van der Waals surface area contributed by atoms with Gasteiger partial charge in [-0.05, 0) is 35.9 Å². The van der Waals surface area contributed by atoms with Gasteiger partial charge in [-0.25, -0.2) is 9.37 Å². The van der Waals surface area contributed by atoms with Gasteiger partial charge in [0.1, 0.15) is 11.6 Å². The largest absolute Gasteiger partial charge is 0.354 e. The number of likely N-dealkylation sites (N-methyl/N-ethyl adjacent to an activating group) is 1. The molecule has 1 aliphatic rings. The molecule has 3 rings (SSSR count). The Kier molecular flexibility index (Phi) is 7.19. The molecule has 2 heterocycles. The Morgan fingerprint density at radius 1 is 1.00 bits per heavy atom. The van der Waals surface area contributed by atoms with Crippen molar-refractivity contribution in [2.45, 2.75) is 20.0 Å². The summed E-state index contributed by atoms with van der Waals surface area (Å²) in [6.45, 7) is 8.78. The van der Waals surface area contributed by atoms with E-state index in [1.165, 1.54) is 12.1 Å². The van der Waals surface area contributed by atoms with Crippen LogP contribution < -0.4 is 15.5 Å². The van der Waals surface area contributed by atoms with Gasteiger partial charge < -0.3 is 20.4 Å². The standard InChI is InChI=1S/C21H29FN6/c1-3-27-10-12-28(13-11-27)20-9-6-18(15-24-20)16-26-21(23-2)25-14-17-4-7-19(22)8-5-17/h4-9,15H,3,10-14,16H2,1-2H3,(H2,23,25,26). The average Bonchev–Trinajstić information content (AvgIpc) is 2.75. The highest BCUT2D eigenvalue weighted by molar-refractivity contribution is 5.79. The van der Waals surface area contributed by atoms with Crippen molar-refractivity contribution in [1.29, 1.82) is 0 Å². The molecule has 28 heavy (non-hydrogen) atoms. The molecule has 1 aliphatic heterocycles. The average molecular weight is 385 g/mol. The van der Waals surface area contributed by atoms with E-state index in [4.69, 9.17) is 0 Å². The molecule has 1 fully saturated rings. The SMILES string of the molecule is CCN1CCN(c2ccc(CNC(=NC)NCc3ccc(F)cc3)cn2)CC1.